The average molecular weight is 478 g/mol. The molecular formula is C23H31N3O6S. The second-order valence-electron chi connectivity index (χ2n) is 8.12. The summed E-state index contributed by atoms with van der Waals surface area (Å²) in [7, 11) is -2.67. The van der Waals surface area contributed by atoms with E-state index >= 15 is 0 Å². The molecule has 0 radical (unpaired) electrons. The number of nitrogens with zero attached hydrogens (tertiary/aromatic N) is 2. The van der Waals surface area contributed by atoms with Crippen molar-refractivity contribution >= 4 is 27.3 Å². The second-order valence-corrected chi connectivity index (χ2v) is 9.98. The number of methoxy groups -OCH3 is 1. The van der Waals surface area contributed by atoms with Gasteiger partial charge in [0.25, 0.3) is 5.69 Å². The Kier molecular flexibility index (Phi) is 8.07. The maximum absolute atomic E-state index is 13.3. The summed E-state index contributed by atoms with van der Waals surface area (Å²) in [6, 6.07) is 6.18. The van der Waals surface area contributed by atoms with Crippen molar-refractivity contribution in [2.45, 2.75) is 53.1 Å². The Balaban J connectivity index is 2.50. The van der Waals surface area contributed by atoms with Gasteiger partial charge in [0.15, 0.2) is 0 Å². The van der Waals surface area contributed by atoms with Crippen molar-refractivity contribution in [2.24, 2.45) is 0 Å². The highest BCUT2D eigenvalue weighted by Gasteiger charge is 2.35. The van der Waals surface area contributed by atoms with Gasteiger partial charge in [-0.15, -0.1) is 0 Å². The van der Waals surface area contributed by atoms with Crippen molar-refractivity contribution < 1.29 is 22.9 Å². The van der Waals surface area contributed by atoms with Crippen molar-refractivity contribution in [1.29, 1.82) is 0 Å². The summed E-state index contributed by atoms with van der Waals surface area (Å²) in [4.78, 5) is 24.0. The molecule has 0 saturated heterocycles. The summed E-state index contributed by atoms with van der Waals surface area (Å²) in [5.41, 5.74) is 3.80. The zero-order chi connectivity index (χ0) is 25.1. The number of nitro benzene ring substituents is 1. The number of non-ortho nitro benzene ring substituents is 1. The van der Waals surface area contributed by atoms with Crippen LogP contribution in [0.5, 0.6) is 5.75 Å². The van der Waals surface area contributed by atoms with Crippen LogP contribution >= 0.6 is 0 Å². The number of rotatable bonds is 9. The van der Waals surface area contributed by atoms with Crippen LogP contribution in [-0.4, -0.2) is 38.7 Å². The Morgan fingerprint density at radius 1 is 1.15 bits per heavy atom. The van der Waals surface area contributed by atoms with E-state index in [1.807, 2.05) is 39.8 Å². The predicted molar refractivity (Wildman–Crippen MR) is 128 cm³/mol. The van der Waals surface area contributed by atoms with E-state index in [-0.39, 0.29) is 29.6 Å². The van der Waals surface area contributed by atoms with Gasteiger partial charge >= 0.3 is 0 Å². The minimum atomic E-state index is -4.00. The highest BCUT2D eigenvalue weighted by Crippen LogP contribution is 2.36. The first-order chi connectivity index (χ1) is 15.3. The third kappa shape index (κ3) is 5.81. The molecule has 33 heavy (non-hydrogen) atoms. The van der Waals surface area contributed by atoms with Gasteiger partial charge in [-0.3, -0.25) is 19.2 Å². The lowest BCUT2D eigenvalue weighted by atomic mass is 9.96. The lowest BCUT2D eigenvalue weighted by Crippen LogP contribution is -2.50. The Labute approximate surface area is 195 Å². The molecule has 2 aromatic carbocycles. The summed E-state index contributed by atoms with van der Waals surface area (Å²) in [6.45, 7) is 9.47. The van der Waals surface area contributed by atoms with Crippen LogP contribution in [0.25, 0.3) is 0 Å². The summed E-state index contributed by atoms with van der Waals surface area (Å²) in [6.07, 6.45) is 1.10. The summed E-state index contributed by atoms with van der Waals surface area (Å²) >= 11 is 0. The van der Waals surface area contributed by atoms with Crippen molar-refractivity contribution in [2.75, 3.05) is 17.7 Å². The van der Waals surface area contributed by atoms with Crippen LogP contribution in [0.2, 0.25) is 0 Å². The summed E-state index contributed by atoms with van der Waals surface area (Å²) < 4.78 is 31.8. The number of ether oxygens (including phenoxy) is 1. The number of carbonyl (C=O) groups is 1. The number of nitrogens with one attached hydrogen (secondary N) is 1. The summed E-state index contributed by atoms with van der Waals surface area (Å²) in [5, 5.41) is 14.2. The van der Waals surface area contributed by atoms with Gasteiger partial charge in [0, 0.05) is 12.1 Å². The fourth-order valence-electron chi connectivity index (χ4n) is 3.84. The van der Waals surface area contributed by atoms with Gasteiger partial charge in [0.1, 0.15) is 17.5 Å². The molecule has 2 atom stereocenters. The molecule has 180 valence electrons. The number of anilines is 1. The van der Waals surface area contributed by atoms with E-state index in [2.05, 4.69) is 5.32 Å². The van der Waals surface area contributed by atoms with Crippen LogP contribution in [-0.2, 0) is 14.8 Å². The molecule has 2 aromatic rings. The SMILES string of the molecule is CC[C@@H](C(=O)N[C@H](C)c1cc(C)c(C)cc1C)N(c1cc([N+](=O)[O-])ccc1OC)S(C)(=O)=O. The van der Waals surface area contributed by atoms with Crippen molar-refractivity contribution in [1.82, 2.24) is 5.32 Å². The molecule has 0 heterocycles. The molecule has 10 heteroatoms. The maximum atomic E-state index is 13.3. The van der Waals surface area contributed by atoms with Gasteiger partial charge in [0.05, 0.1) is 24.3 Å². The van der Waals surface area contributed by atoms with Crippen LogP contribution in [0.4, 0.5) is 11.4 Å². The lowest BCUT2D eigenvalue weighted by molar-refractivity contribution is -0.384. The monoisotopic (exact) mass is 477 g/mol. The van der Waals surface area contributed by atoms with Crippen molar-refractivity contribution in [3.63, 3.8) is 0 Å². The van der Waals surface area contributed by atoms with E-state index in [0.29, 0.717) is 0 Å². The summed E-state index contributed by atoms with van der Waals surface area (Å²) in [5.74, 6) is -0.406. The van der Waals surface area contributed by atoms with E-state index in [4.69, 9.17) is 4.74 Å². The van der Waals surface area contributed by atoms with Gasteiger partial charge in [-0.05, 0) is 62.4 Å². The highest BCUT2D eigenvalue weighted by molar-refractivity contribution is 7.92. The number of amides is 1. The normalized spacial score (nSPS) is 13.2. The molecule has 2 rings (SSSR count). The molecule has 0 saturated carbocycles. The minimum Gasteiger partial charge on any atom is -0.495 e. The third-order valence-corrected chi connectivity index (χ3v) is 6.81. The molecule has 1 amide bonds. The quantitative estimate of drug-likeness (QED) is 0.431. The van der Waals surface area contributed by atoms with Crippen LogP contribution in [0, 0.1) is 30.9 Å². The number of hydrogen-bond acceptors (Lipinski definition) is 6. The van der Waals surface area contributed by atoms with E-state index in [1.54, 1.807) is 6.92 Å². The molecule has 0 aliphatic rings. The van der Waals surface area contributed by atoms with Crippen molar-refractivity contribution in [3.8, 4) is 5.75 Å². The van der Waals surface area contributed by atoms with Crippen LogP contribution < -0.4 is 14.4 Å². The molecule has 0 aromatic heterocycles. The van der Waals surface area contributed by atoms with E-state index < -0.39 is 26.9 Å². The fourth-order valence-corrected chi connectivity index (χ4v) is 5.04. The Morgan fingerprint density at radius 3 is 2.27 bits per heavy atom. The van der Waals surface area contributed by atoms with Crippen LogP contribution in [0.3, 0.4) is 0 Å². The second kappa shape index (κ2) is 10.2. The largest absolute Gasteiger partial charge is 0.495 e. The Hall–Kier alpha value is -3.14. The van der Waals surface area contributed by atoms with Crippen LogP contribution in [0.15, 0.2) is 30.3 Å². The number of nitro groups is 1. The number of hydrogen-bond donors (Lipinski definition) is 1. The molecule has 0 bridgehead atoms. The number of sulfonamides is 1. The van der Waals surface area contributed by atoms with Gasteiger partial charge in [-0.1, -0.05) is 19.1 Å². The number of benzene rings is 2. The van der Waals surface area contributed by atoms with Gasteiger partial charge in [-0.25, -0.2) is 8.42 Å². The first-order valence-corrected chi connectivity index (χ1v) is 12.4. The number of aryl methyl sites for hydroxylation is 3. The zero-order valence-corrected chi connectivity index (χ0v) is 20.8. The first kappa shape index (κ1) is 26.1. The molecule has 0 spiro atoms. The fraction of sp³-hybridized carbons (Fsp3) is 0.435. The topological polar surface area (TPSA) is 119 Å². The van der Waals surface area contributed by atoms with Gasteiger partial charge in [0.2, 0.25) is 15.9 Å². The molecular weight excluding hydrogens is 446 g/mol. The highest BCUT2D eigenvalue weighted by atomic mass is 32.2. The standard InChI is InChI=1S/C23H31N3O6S/c1-8-20(23(27)24-17(5)19-12-15(3)14(2)11-16(19)4)25(33(7,30)31)21-13-18(26(28)29)9-10-22(21)32-6/h9-13,17,20H,8H2,1-7H3,(H,24,27)/t17-,20+/m1/s1. The van der Waals surface area contributed by atoms with Crippen LogP contribution in [0.1, 0.15) is 48.6 Å². The molecule has 0 fully saturated rings. The maximum Gasteiger partial charge on any atom is 0.271 e. The molecule has 0 aliphatic carbocycles. The first-order valence-electron chi connectivity index (χ1n) is 10.5. The third-order valence-electron chi connectivity index (χ3n) is 5.65. The van der Waals surface area contributed by atoms with Crippen molar-refractivity contribution in [3.05, 3.63) is 62.7 Å². The lowest BCUT2D eigenvalue weighted by Gasteiger charge is -2.32. The zero-order valence-electron chi connectivity index (χ0n) is 20.0. The van der Waals surface area contributed by atoms with E-state index in [1.165, 1.54) is 19.2 Å². The molecule has 0 aliphatic heterocycles. The minimum absolute atomic E-state index is 0.0637. The Morgan fingerprint density at radius 2 is 1.76 bits per heavy atom. The molecule has 9 nitrogen and oxygen atoms in total. The van der Waals surface area contributed by atoms with Gasteiger partial charge in [-0.2, -0.15) is 0 Å². The Bertz CT molecular complexity index is 1160. The molecule has 1 N–H and O–H groups in total. The smallest absolute Gasteiger partial charge is 0.271 e. The van der Waals surface area contributed by atoms with E-state index in [0.717, 1.165) is 38.9 Å². The van der Waals surface area contributed by atoms with E-state index in [9.17, 15) is 23.3 Å². The average Bonchev–Trinajstić information content (AvgIpc) is 2.72. The molecule has 0 unspecified atom stereocenters. The number of carbonyl (C=O) groups excluding carboxylic acids is 1. The van der Waals surface area contributed by atoms with Gasteiger partial charge < -0.3 is 10.1 Å². The predicted octanol–water partition coefficient (Wildman–Crippen LogP) is 3.95.